The SMILES string of the molecule is CCCCN.F.O.O.O.O=P(O)(O)OCl. The van der Waals surface area contributed by atoms with Crippen LogP contribution >= 0.6 is 19.7 Å². The van der Waals surface area contributed by atoms with Gasteiger partial charge >= 0.3 is 7.82 Å². The Balaban J connectivity index is -0.0000000215. The molecular formula is C4H20ClFNO7P. The molecule has 0 spiro atoms. The Labute approximate surface area is 92.1 Å². The van der Waals surface area contributed by atoms with E-state index in [2.05, 4.69) is 22.9 Å². The van der Waals surface area contributed by atoms with E-state index in [-0.39, 0.29) is 21.1 Å². The average molecular weight is 280 g/mol. The molecule has 102 valence electrons. The van der Waals surface area contributed by atoms with Crippen molar-refractivity contribution >= 4 is 19.7 Å². The van der Waals surface area contributed by atoms with Crippen molar-refractivity contribution in [1.29, 1.82) is 0 Å². The van der Waals surface area contributed by atoms with Gasteiger partial charge in [-0.15, -0.1) is 0 Å². The molecule has 0 saturated carbocycles. The van der Waals surface area contributed by atoms with E-state index in [0.717, 1.165) is 6.54 Å². The van der Waals surface area contributed by atoms with Crippen LogP contribution in [0.5, 0.6) is 0 Å². The predicted octanol–water partition coefficient (Wildman–Crippen LogP) is -1.33. The minimum atomic E-state index is -4.38. The minimum absolute atomic E-state index is 0. The zero-order chi connectivity index (χ0) is 9.33. The van der Waals surface area contributed by atoms with Crippen molar-refractivity contribution in [2.45, 2.75) is 19.8 Å². The number of hydrogen-bond donors (Lipinski definition) is 3. The minimum Gasteiger partial charge on any atom is -0.412 e. The molecule has 0 radical (unpaired) electrons. The molecule has 11 heteroatoms. The zero-order valence-electron chi connectivity index (χ0n) is 8.14. The lowest BCUT2D eigenvalue weighted by atomic mass is 10.3. The van der Waals surface area contributed by atoms with Crippen LogP contribution in [0.15, 0.2) is 0 Å². The molecule has 15 heavy (non-hydrogen) atoms. The molecule has 10 N–H and O–H groups in total. The number of rotatable bonds is 3. The Morgan fingerprint density at radius 3 is 1.60 bits per heavy atom. The number of hydrogen-bond acceptors (Lipinski definition) is 3. The van der Waals surface area contributed by atoms with Crippen LogP contribution < -0.4 is 5.73 Å². The molecule has 0 heterocycles. The molecule has 0 amide bonds. The molecule has 0 aliphatic rings. The Kier molecular flexibility index (Phi) is 57.4. The monoisotopic (exact) mass is 279 g/mol. The van der Waals surface area contributed by atoms with Gasteiger partial charge in [-0.25, -0.2) is 4.57 Å². The van der Waals surface area contributed by atoms with E-state index >= 15 is 0 Å². The van der Waals surface area contributed by atoms with Gasteiger partial charge in [0.1, 0.15) is 0 Å². The number of phosphoric acid groups is 1. The van der Waals surface area contributed by atoms with E-state index in [9.17, 15) is 4.57 Å². The molecule has 0 aliphatic carbocycles. The molecule has 0 bridgehead atoms. The first kappa shape index (κ1) is 36.2. The first-order chi connectivity index (χ1) is 4.97. The highest BCUT2D eigenvalue weighted by atomic mass is 35.5. The summed E-state index contributed by atoms with van der Waals surface area (Å²) in [5.41, 5.74) is 5.14. The number of halogens is 2. The van der Waals surface area contributed by atoms with E-state index in [0.29, 0.717) is 0 Å². The van der Waals surface area contributed by atoms with Crippen LogP contribution in [0.3, 0.4) is 0 Å². The van der Waals surface area contributed by atoms with Gasteiger partial charge in [-0.05, 0) is 13.0 Å². The molecular weight excluding hydrogens is 259 g/mol. The summed E-state index contributed by atoms with van der Waals surface area (Å²) < 4.78 is 12.4. The average Bonchev–Trinajstić information content (AvgIpc) is 1.90. The van der Waals surface area contributed by atoms with Gasteiger partial charge in [0.15, 0.2) is 0 Å². The van der Waals surface area contributed by atoms with Crippen LogP contribution in [0, 0.1) is 0 Å². The normalized spacial score (nSPS) is 7.53. The van der Waals surface area contributed by atoms with Crippen molar-refractivity contribution in [3.8, 4) is 0 Å². The third-order valence-corrected chi connectivity index (χ3v) is 1.37. The maximum Gasteiger partial charge on any atom is 0.486 e. The molecule has 0 unspecified atom stereocenters. The van der Waals surface area contributed by atoms with Gasteiger partial charge in [0.05, 0.1) is 11.9 Å². The van der Waals surface area contributed by atoms with E-state index in [1.54, 1.807) is 0 Å². The fraction of sp³-hybridized carbons (Fsp3) is 1.00. The fourth-order valence-electron chi connectivity index (χ4n) is 0.204. The molecule has 0 aromatic heterocycles. The highest BCUT2D eigenvalue weighted by Gasteiger charge is 2.10. The van der Waals surface area contributed by atoms with Crippen LogP contribution in [0.25, 0.3) is 0 Å². The van der Waals surface area contributed by atoms with E-state index < -0.39 is 7.82 Å². The summed E-state index contributed by atoms with van der Waals surface area (Å²) in [6, 6.07) is 0. The summed E-state index contributed by atoms with van der Waals surface area (Å²) in [6.07, 6.45) is 2.39. The lowest BCUT2D eigenvalue weighted by molar-refractivity contribution is 0.292. The molecule has 0 aromatic carbocycles. The summed E-state index contributed by atoms with van der Waals surface area (Å²) >= 11 is 4.21. The second-order valence-electron chi connectivity index (χ2n) is 1.70. The van der Waals surface area contributed by atoms with Gasteiger partial charge in [-0.2, -0.15) is 4.08 Å². The Morgan fingerprint density at radius 1 is 1.33 bits per heavy atom. The van der Waals surface area contributed by atoms with Gasteiger partial charge in [0, 0.05) is 0 Å². The van der Waals surface area contributed by atoms with Crippen molar-refractivity contribution in [3.63, 3.8) is 0 Å². The van der Waals surface area contributed by atoms with E-state index in [1.165, 1.54) is 12.8 Å². The summed E-state index contributed by atoms with van der Waals surface area (Å²) in [6.45, 7) is 2.98. The molecule has 0 aliphatic heterocycles. The van der Waals surface area contributed by atoms with Crippen LogP contribution in [0.1, 0.15) is 19.8 Å². The molecule has 0 saturated heterocycles. The smallest absolute Gasteiger partial charge is 0.412 e. The predicted molar refractivity (Wildman–Crippen MR) is 56.3 cm³/mol. The molecule has 0 rings (SSSR count). The summed E-state index contributed by atoms with van der Waals surface area (Å²) in [4.78, 5) is 15.2. The van der Waals surface area contributed by atoms with Gasteiger partial charge in [-0.1, -0.05) is 13.3 Å². The van der Waals surface area contributed by atoms with Gasteiger partial charge < -0.3 is 31.9 Å². The van der Waals surface area contributed by atoms with E-state index in [1.807, 2.05) is 0 Å². The van der Waals surface area contributed by atoms with E-state index in [4.69, 9.17) is 15.5 Å². The van der Waals surface area contributed by atoms with Crippen molar-refractivity contribution < 1.29 is 39.6 Å². The highest BCUT2D eigenvalue weighted by Crippen LogP contribution is 2.36. The van der Waals surface area contributed by atoms with Crippen molar-refractivity contribution in [2.24, 2.45) is 5.73 Å². The summed E-state index contributed by atoms with van der Waals surface area (Å²) in [7, 11) is -4.38. The van der Waals surface area contributed by atoms with Gasteiger partial charge in [-0.3, -0.25) is 4.70 Å². The highest BCUT2D eigenvalue weighted by molar-refractivity contribution is 7.47. The maximum atomic E-state index is 9.34. The lowest BCUT2D eigenvalue weighted by Crippen LogP contribution is -1.95. The van der Waals surface area contributed by atoms with Crippen LogP contribution in [-0.2, 0) is 8.64 Å². The Hall–Kier alpha value is 0.170. The lowest BCUT2D eigenvalue weighted by Gasteiger charge is -1.89. The van der Waals surface area contributed by atoms with Gasteiger partial charge in [0.2, 0.25) is 0 Å². The Morgan fingerprint density at radius 2 is 1.60 bits per heavy atom. The van der Waals surface area contributed by atoms with Gasteiger partial charge in [0.25, 0.3) is 0 Å². The largest absolute Gasteiger partial charge is 0.486 e. The Bertz CT molecular complexity index is 124. The standard InChI is InChI=1S/C4H11N.ClH2O4P.FH.3H2O/c1-2-3-4-5;1-5-6(2,3)4;;;;/h2-5H2,1H3;(H2,2,3,4);1H;3*1H2. The summed E-state index contributed by atoms with van der Waals surface area (Å²) in [5.74, 6) is 0. The third-order valence-electron chi connectivity index (χ3n) is 0.648. The second-order valence-corrected chi connectivity index (χ2v) is 3.24. The van der Waals surface area contributed by atoms with Crippen molar-refractivity contribution in [3.05, 3.63) is 0 Å². The molecule has 0 atom stereocenters. The van der Waals surface area contributed by atoms with Crippen LogP contribution in [-0.4, -0.2) is 32.8 Å². The molecule has 0 fully saturated rings. The summed E-state index contributed by atoms with van der Waals surface area (Å²) in [5, 5.41) is 0. The molecule has 0 aromatic rings. The van der Waals surface area contributed by atoms with Crippen LogP contribution in [0.2, 0.25) is 0 Å². The zero-order valence-corrected chi connectivity index (χ0v) is 9.79. The van der Waals surface area contributed by atoms with Crippen LogP contribution in [0.4, 0.5) is 4.70 Å². The second kappa shape index (κ2) is 23.8. The first-order valence-corrected chi connectivity index (χ1v) is 4.87. The third kappa shape index (κ3) is 78.5. The first-order valence-electron chi connectivity index (χ1n) is 3.03. The number of unbranched alkanes of at least 4 members (excludes halogenated alkanes) is 1. The quantitative estimate of drug-likeness (QED) is 0.539. The maximum absolute atomic E-state index is 9.34. The number of nitrogens with two attached hydrogens (primary N) is 1. The van der Waals surface area contributed by atoms with Crippen molar-refractivity contribution in [2.75, 3.05) is 6.54 Å². The fourth-order valence-corrected chi connectivity index (χ4v) is 0.204. The molecule has 8 nitrogen and oxygen atoms in total. The topological polar surface area (TPSA) is 187 Å². The van der Waals surface area contributed by atoms with Crippen molar-refractivity contribution in [1.82, 2.24) is 0 Å².